The maximum atomic E-state index is 11.0. The van der Waals surface area contributed by atoms with Gasteiger partial charge in [-0.15, -0.1) is 0 Å². The van der Waals surface area contributed by atoms with Crippen molar-refractivity contribution in [3.05, 3.63) is 54.1 Å². The van der Waals surface area contributed by atoms with Crippen LogP contribution in [0, 0.1) is 5.92 Å². The molecule has 1 saturated carbocycles. The molecule has 1 saturated heterocycles. The minimum atomic E-state index is -0.885. The Labute approximate surface area is 174 Å². The molecule has 4 rings (SSSR count). The van der Waals surface area contributed by atoms with Gasteiger partial charge in [0.1, 0.15) is 0 Å². The van der Waals surface area contributed by atoms with E-state index in [-0.39, 0.29) is 0 Å². The van der Waals surface area contributed by atoms with Crippen LogP contribution < -0.4 is 4.90 Å². The molecule has 1 aliphatic heterocycles. The van der Waals surface area contributed by atoms with E-state index in [0.717, 1.165) is 36.2 Å². The molecule has 2 aromatic carbocycles. The van der Waals surface area contributed by atoms with Crippen molar-refractivity contribution in [2.45, 2.75) is 45.1 Å². The minimum absolute atomic E-state index is 0.325. The van der Waals surface area contributed by atoms with Crippen LogP contribution in [-0.4, -0.2) is 48.2 Å². The third-order valence-electron chi connectivity index (χ3n) is 6.92. The van der Waals surface area contributed by atoms with Gasteiger partial charge in [-0.25, -0.2) is 4.79 Å². The molecule has 0 aromatic heterocycles. The molecule has 2 fully saturated rings. The van der Waals surface area contributed by atoms with E-state index in [9.17, 15) is 4.79 Å². The summed E-state index contributed by atoms with van der Waals surface area (Å²) in [6.45, 7) is 6.86. The maximum absolute atomic E-state index is 11.0. The first-order valence-corrected chi connectivity index (χ1v) is 11.1. The molecule has 4 nitrogen and oxygen atoms in total. The number of rotatable bonds is 5. The molecular weight excluding hydrogens is 360 g/mol. The number of benzene rings is 2. The van der Waals surface area contributed by atoms with Crippen LogP contribution >= 0.6 is 0 Å². The van der Waals surface area contributed by atoms with Gasteiger partial charge in [-0.3, -0.25) is 4.90 Å². The van der Waals surface area contributed by atoms with Crippen molar-refractivity contribution in [1.29, 1.82) is 0 Å². The average molecular weight is 393 g/mol. The Kier molecular flexibility index (Phi) is 6.19. The SMILES string of the molecule is CC[C@H]1CC[C@H](N2CCN(c3ccc(-c4ccc(C(=O)O)cc4)cc3)CC2)CC1. The fourth-order valence-electron chi connectivity index (χ4n) is 4.93. The van der Waals surface area contributed by atoms with Crippen LogP contribution in [0.4, 0.5) is 5.69 Å². The highest BCUT2D eigenvalue weighted by Crippen LogP contribution is 2.31. The van der Waals surface area contributed by atoms with E-state index < -0.39 is 5.97 Å². The van der Waals surface area contributed by atoms with Crippen molar-refractivity contribution in [3.63, 3.8) is 0 Å². The highest BCUT2D eigenvalue weighted by atomic mass is 16.4. The maximum Gasteiger partial charge on any atom is 0.335 e. The normalized spacial score (nSPS) is 23.1. The van der Waals surface area contributed by atoms with Gasteiger partial charge >= 0.3 is 5.97 Å². The summed E-state index contributed by atoms with van der Waals surface area (Å²) < 4.78 is 0. The molecule has 4 heteroatoms. The number of carbonyl (C=O) groups is 1. The van der Waals surface area contributed by atoms with Gasteiger partial charge < -0.3 is 10.0 Å². The molecule has 1 aliphatic carbocycles. The summed E-state index contributed by atoms with van der Waals surface area (Å²) in [4.78, 5) is 16.2. The second-order valence-corrected chi connectivity index (χ2v) is 8.54. The van der Waals surface area contributed by atoms with Gasteiger partial charge in [-0.1, -0.05) is 37.6 Å². The lowest BCUT2D eigenvalue weighted by molar-refractivity contribution is 0.0697. The fourth-order valence-corrected chi connectivity index (χ4v) is 4.93. The first-order chi connectivity index (χ1) is 14.1. The summed E-state index contributed by atoms with van der Waals surface area (Å²) in [7, 11) is 0. The Balaban J connectivity index is 1.33. The lowest BCUT2D eigenvalue weighted by atomic mass is 9.84. The molecule has 29 heavy (non-hydrogen) atoms. The molecule has 0 amide bonds. The van der Waals surface area contributed by atoms with Crippen LogP contribution in [0.15, 0.2) is 48.5 Å². The number of anilines is 1. The second kappa shape index (κ2) is 9.00. The number of hydrogen-bond donors (Lipinski definition) is 1. The predicted octanol–water partition coefficient (Wildman–Crippen LogP) is 5.14. The van der Waals surface area contributed by atoms with Crippen molar-refractivity contribution >= 4 is 11.7 Å². The molecule has 0 atom stereocenters. The number of hydrogen-bond acceptors (Lipinski definition) is 3. The molecule has 1 N–H and O–H groups in total. The summed E-state index contributed by atoms with van der Waals surface area (Å²) in [6.07, 6.45) is 6.94. The molecular formula is C25H32N2O2. The van der Waals surface area contributed by atoms with Gasteiger partial charge in [-0.05, 0) is 67.0 Å². The van der Waals surface area contributed by atoms with Crippen LogP contribution in [0.25, 0.3) is 11.1 Å². The summed E-state index contributed by atoms with van der Waals surface area (Å²) in [5, 5.41) is 9.04. The number of carboxylic acids is 1. The van der Waals surface area contributed by atoms with Crippen LogP contribution in [-0.2, 0) is 0 Å². The summed E-state index contributed by atoms with van der Waals surface area (Å²) >= 11 is 0. The number of piperazine rings is 1. The largest absolute Gasteiger partial charge is 0.478 e. The van der Waals surface area contributed by atoms with Crippen molar-refractivity contribution in [2.75, 3.05) is 31.1 Å². The van der Waals surface area contributed by atoms with Crippen LogP contribution in [0.2, 0.25) is 0 Å². The quantitative estimate of drug-likeness (QED) is 0.765. The van der Waals surface area contributed by atoms with Gasteiger partial charge in [0.25, 0.3) is 0 Å². The Morgan fingerprint density at radius 2 is 1.41 bits per heavy atom. The summed E-state index contributed by atoms with van der Waals surface area (Å²) in [5.41, 5.74) is 3.78. The van der Waals surface area contributed by atoms with E-state index in [2.05, 4.69) is 41.0 Å². The summed E-state index contributed by atoms with van der Waals surface area (Å²) in [5.74, 6) is 0.0795. The molecule has 2 aromatic rings. The predicted molar refractivity (Wildman–Crippen MR) is 119 cm³/mol. The zero-order chi connectivity index (χ0) is 20.2. The molecule has 0 unspecified atom stereocenters. The highest BCUT2D eigenvalue weighted by Gasteiger charge is 2.27. The molecule has 2 aliphatic rings. The Morgan fingerprint density at radius 1 is 0.862 bits per heavy atom. The molecule has 0 radical (unpaired) electrons. The lowest BCUT2D eigenvalue weighted by Gasteiger charge is -2.42. The zero-order valence-corrected chi connectivity index (χ0v) is 17.4. The second-order valence-electron chi connectivity index (χ2n) is 8.54. The van der Waals surface area contributed by atoms with Gasteiger partial charge in [-0.2, -0.15) is 0 Å². The number of carboxylic acid groups (broad SMARTS) is 1. The van der Waals surface area contributed by atoms with Crippen LogP contribution in [0.3, 0.4) is 0 Å². The standard InChI is InChI=1S/C25H32N2O2/c1-2-19-3-11-23(12-4-19)26-15-17-27(18-16-26)24-13-9-21(10-14-24)20-5-7-22(8-6-20)25(28)29/h5-10,13-14,19,23H,2-4,11-12,15-18H2,1H3,(H,28,29)/t19-,23-. The van der Waals surface area contributed by atoms with E-state index in [0.29, 0.717) is 5.56 Å². The fraction of sp³-hybridized carbons (Fsp3) is 0.480. The van der Waals surface area contributed by atoms with Crippen molar-refractivity contribution < 1.29 is 9.90 Å². The average Bonchev–Trinajstić information content (AvgIpc) is 2.79. The zero-order valence-electron chi connectivity index (χ0n) is 17.4. The Morgan fingerprint density at radius 3 is 1.93 bits per heavy atom. The topological polar surface area (TPSA) is 43.8 Å². The lowest BCUT2D eigenvalue weighted by Crippen LogP contribution is -2.51. The third kappa shape index (κ3) is 4.64. The Bertz CT molecular complexity index is 800. The third-order valence-corrected chi connectivity index (χ3v) is 6.92. The van der Waals surface area contributed by atoms with Gasteiger partial charge in [0, 0.05) is 37.9 Å². The van der Waals surface area contributed by atoms with Gasteiger partial charge in [0.2, 0.25) is 0 Å². The minimum Gasteiger partial charge on any atom is -0.478 e. The smallest absolute Gasteiger partial charge is 0.335 e. The van der Waals surface area contributed by atoms with Crippen LogP contribution in [0.1, 0.15) is 49.4 Å². The van der Waals surface area contributed by atoms with E-state index >= 15 is 0 Å². The van der Waals surface area contributed by atoms with Gasteiger partial charge in [0.05, 0.1) is 5.56 Å². The molecule has 0 spiro atoms. The van der Waals surface area contributed by atoms with E-state index in [1.54, 1.807) is 12.1 Å². The number of aromatic carboxylic acids is 1. The first-order valence-electron chi connectivity index (χ1n) is 11.1. The molecule has 1 heterocycles. The van der Waals surface area contributed by atoms with E-state index in [1.807, 2.05) is 12.1 Å². The van der Waals surface area contributed by atoms with E-state index in [4.69, 9.17) is 5.11 Å². The van der Waals surface area contributed by atoms with Crippen molar-refractivity contribution in [3.8, 4) is 11.1 Å². The van der Waals surface area contributed by atoms with Gasteiger partial charge in [0.15, 0.2) is 0 Å². The Hall–Kier alpha value is -2.33. The summed E-state index contributed by atoms with van der Waals surface area (Å²) in [6, 6.07) is 16.6. The van der Waals surface area contributed by atoms with Crippen LogP contribution in [0.5, 0.6) is 0 Å². The molecule has 0 bridgehead atoms. The molecule has 154 valence electrons. The first kappa shape index (κ1) is 20.0. The van der Waals surface area contributed by atoms with E-state index in [1.165, 1.54) is 50.9 Å². The number of nitrogens with zero attached hydrogens (tertiary/aromatic N) is 2. The van der Waals surface area contributed by atoms with Crippen molar-refractivity contribution in [1.82, 2.24) is 4.90 Å². The van der Waals surface area contributed by atoms with Crippen molar-refractivity contribution in [2.24, 2.45) is 5.92 Å². The monoisotopic (exact) mass is 392 g/mol. The highest BCUT2D eigenvalue weighted by molar-refractivity contribution is 5.88.